The number of hydrogen-bond donors (Lipinski definition) is 1. The first kappa shape index (κ1) is 14.0. The van der Waals surface area contributed by atoms with E-state index in [0.717, 1.165) is 38.3 Å². The number of carbonyl (C=O) groups is 1. The summed E-state index contributed by atoms with van der Waals surface area (Å²) in [5, 5.41) is 13.0. The molecular weight excluding hydrogens is 244 g/mol. The van der Waals surface area contributed by atoms with Crippen LogP contribution in [0.15, 0.2) is 6.33 Å². The maximum Gasteiger partial charge on any atom is 0.303 e. The standard InChI is InChI=1S/C13H22N4O2/c1-10(6-13(18)19)11-4-3-5-17(7-11)8-12-14-9-15-16(12)2/h9-11H,3-8H2,1-2H3,(H,18,19). The van der Waals surface area contributed by atoms with Gasteiger partial charge in [-0.3, -0.25) is 14.4 Å². The van der Waals surface area contributed by atoms with E-state index < -0.39 is 5.97 Å². The Kier molecular flexibility index (Phi) is 4.52. The number of aryl methyl sites for hydroxylation is 1. The number of piperidine rings is 1. The monoisotopic (exact) mass is 266 g/mol. The number of likely N-dealkylation sites (tertiary alicyclic amines) is 1. The summed E-state index contributed by atoms with van der Waals surface area (Å²) in [5.41, 5.74) is 0. The van der Waals surface area contributed by atoms with Gasteiger partial charge < -0.3 is 5.11 Å². The van der Waals surface area contributed by atoms with Crippen LogP contribution in [0.5, 0.6) is 0 Å². The quantitative estimate of drug-likeness (QED) is 0.865. The molecule has 1 fully saturated rings. The minimum atomic E-state index is -0.696. The molecule has 1 N–H and O–H groups in total. The Hall–Kier alpha value is -1.43. The van der Waals surface area contributed by atoms with E-state index >= 15 is 0 Å². The second-order valence-corrected chi connectivity index (χ2v) is 5.51. The zero-order valence-electron chi connectivity index (χ0n) is 11.6. The van der Waals surface area contributed by atoms with Crippen molar-refractivity contribution in [1.82, 2.24) is 19.7 Å². The molecule has 1 aliphatic rings. The van der Waals surface area contributed by atoms with Crippen molar-refractivity contribution in [3.63, 3.8) is 0 Å². The van der Waals surface area contributed by atoms with Gasteiger partial charge in [0.2, 0.25) is 0 Å². The van der Waals surface area contributed by atoms with Crippen LogP contribution in [0.2, 0.25) is 0 Å². The summed E-state index contributed by atoms with van der Waals surface area (Å²) < 4.78 is 1.80. The largest absolute Gasteiger partial charge is 0.481 e. The molecule has 1 aliphatic heterocycles. The summed E-state index contributed by atoms with van der Waals surface area (Å²) in [7, 11) is 1.90. The molecule has 1 aromatic heterocycles. The fourth-order valence-electron chi connectivity index (χ4n) is 2.80. The SMILES string of the molecule is CC(CC(=O)O)C1CCCN(Cc2ncnn2C)C1. The van der Waals surface area contributed by atoms with Gasteiger partial charge in [0.1, 0.15) is 12.2 Å². The molecule has 2 rings (SSSR count). The Bertz CT molecular complexity index is 432. The van der Waals surface area contributed by atoms with Crippen molar-refractivity contribution < 1.29 is 9.90 Å². The lowest BCUT2D eigenvalue weighted by Gasteiger charge is -2.35. The van der Waals surface area contributed by atoms with Gasteiger partial charge in [-0.15, -0.1) is 0 Å². The van der Waals surface area contributed by atoms with E-state index in [2.05, 4.69) is 15.0 Å². The molecule has 0 aromatic carbocycles. The van der Waals surface area contributed by atoms with Crippen LogP contribution in [0.1, 0.15) is 32.0 Å². The van der Waals surface area contributed by atoms with Gasteiger partial charge in [-0.2, -0.15) is 5.10 Å². The van der Waals surface area contributed by atoms with Crippen molar-refractivity contribution in [2.45, 2.75) is 32.7 Å². The van der Waals surface area contributed by atoms with Crippen LogP contribution in [-0.2, 0) is 18.4 Å². The van der Waals surface area contributed by atoms with Crippen LogP contribution in [0.25, 0.3) is 0 Å². The molecule has 106 valence electrons. The second kappa shape index (κ2) is 6.14. The zero-order chi connectivity index (χ0) is 13.8. The molecule has 0 radical (unpaired) electrons. The highest BCUT2D eigenvalue weighted by Crippen LogP contribution is 2.26. The van der Waals surface area contributed by atoms with Gasteiger partial charge >= 0.3 is 5.97 Å². The lowest BCUT2D eigenvalue weighted by molar-refractivity contribution is -0.138. The van der Waals surface area contributed by atoms with Crippen molar-refractivity contribution in [2.75, 3.05) is 13.1 Å². The predicted molar refractivity (Wildman–Crippen MR) is 70.4 cm³/mol. The molecule has 2 heterocycles. The van der Waals surface area contributed by atoms with Gasteiger partial charge in [0.25, 0.3) is 0 Å². The van der Waals surface area contributed by atoms with Gasteiger partial charge in [-0.05, 0) is 31.2 Å². The van der Waals surface area contributed by atoms with Crippen molar-refractivity contribution in [2.24, 2.45) is 18.9 Å². The third-order valence-corrected chi connectivity index (χ3v) is 4.01. The number of nitrogens with zero attached hydrogens (tertiary/aromatic N) is 4. The maximum atomic E-state index is 10.8. The average molecular weight is 266 g/mol. The van der Waals surface area contributed by atoms with Gasteiger partial charge in [-0.25, -0.2) is 4.98 Å². The minimum absolute atomic E-state index is 0.236. The highest BCUT2D eigenvalue weighted by Gasteiger charge is 2.26. The van der Waals surface area contributed by atoms with E-state index in [4.69, 9.17) is 5.11 Å². The lowest BCUT2D eigenvalue weighted by Crippen LogP contribution is -2.38. The smallest absolute Gasteiger partial charge is 0.303 e. The van der Waals surface area contributed by atoms with Gasteiger partial charge in [0, 0.05) is 20.0 Å². The Balaban J connectivity index is 1.90. The summed E-state index contributed by atoms with van der Waals surface area (Å²) in [6.07, 6.45) is 4.10. The zero-order valence-corrected chi connectivity index (χ0v) is 11.6. The summed E-state index contributed by atoms with van der Waals surface area (Å²) in [6, 6.07) is 0. The third-order valence-electron chi connectivity index (χ3n) is 4.01. The lowest BCUT2D eigenvalue weighted by atomic mass is 9.84. The van der Waals surface area contributed by atoms with E-state index in [1.54, 1.807) is 11.0 Å². The number of hydrogen-bond acceptors (Lipinski definition) is 4. The number of carboxylic acid groups (broad SMARTS) is 1. The first-order chi connectivity index (χ1) is 9.06. The van der Waals surface area contributed by atoms with Crippen molar-refractivity contribution in [1.29, 1.82) is 0 Å². The summed E-state index contributed by atoms with van der Waals surface area (Å²) in [5.74, 6) is 0.974. The molecule has 2 unspecified atom stereocenters. The maximum absolute atomic E-state index is 10.8. The molecule has 1 aromatic rings. The topological polar surface area (TPSA) is 71.2 Å². The summed E-state index contributed by atoms with van der Waals surface area (Å²) >= 11 is 0. The molecule has 0 aliphatic carbocycles. The minimum Gasteiger partial charge on any atom is -0.481 e. The van der Waals surface area contributed by atoms with Crippen molar-refractivity contribution in [3.8, 4) is 0 Å². The molecule has 6 nitrogen and oxygen atoms in total. The first-order valence-electron chi connectivity index (χ1n) is 6.83. The average Bonchev–Trinajstić information content (AvgIpc) is 2.75. The number of aromatic nitrogens is 3. The van der Waals surface area contributed by atoms with Gasteiger partial charge in [0.05, 0.1) is 6.54 Å². The van der Waals surface area contributed by atoms with E-state index in [9.17, 15) is 4.79 Å². The molecule has 6 heteroatoms. The predicted octanol–water partition coefficient (Wildman–Crippen LogP) is 1.14. The highest BCUT2D eigenvalue weighted by molar-refractivity contribution is 5.67. The van der Waals surface area contributed by atoms with Crippen LogP contribution in [-0.4, -0.2) is 43.8 Å². The fourth-order valence-corrected chi connectivity index (χ4v) is 2.80. The Morgan fingerprint density at radius 1 is 1.63 bits per heavy atom. The molecule has 0 spiro atoms. The van der Waals surface area contributed by atoms with E-state index in [1.165, 1.54) is 0 Å². The highest BCUT2D eigenvalue weighted by atomic mass is 16.4. The number of aliphatic carboxylic acids is 1. The normalized spacial score (nSPS) is 22.3. The molecular formula is C13H22N4O2. The molecule has 1 saturated heterocycles. The van der Waals surface area contributed by atoms with Crippen LogP contribution in [0.4, 0.5) is 0 Å². The number of carboxylic acids is 1. The number of rotatable bonds is 5. The summed E-state index contributed by atoms with van der Waals surface area (Å²) in [4.78, 5) is 17.4. The Morgan fingerprint density at radius 3 is 3.05 bits per heavy atom. The third kappa shape index (κ3) is 3.76. The van der Waals surface area contributed by atoms with Crippen LogP contribution in [0.3, 0.4) is 0 Å². The van der Waals surface area contributed by atoms with Gasteiger partial charge in [-0.1, -0.05) is 6.92 Å². The van der Waals surface area contributed by atoms with E-state index in [1.807, 2.05) is 14.0 Å². The Morgan fingerprint density at radius 2 is 2.42 bits per heavy atom. The van der Waals surface area contributed by atoms with E-state index in [-0.39, 0.29) is 12.3 Å². The Labute approximate surface area is 113 Å². The van der Waals surface area contributed by atoms with Crippen LogP contribution in [0, 0.1) is 11.8 Å². The molecule has 2 atom stereocenters. The van der Waals surface area contributed by atoms with Crippen LogP contribution >= 0.6 is 0 Å². The second-order valence-electron chi connectivity index (χ2n) is 5.51. The molecule has 19 heavy (non-hydrogen) atoms. The van der Waals surface area contributed by atoms with Crippen molar-refractivity contribution >= 4 is 5.97 Å². The molecule has 0 saturated carbocycles. The van der Waals surface area contributed by atoms with Crippen molar-refractivity contribution in [3.05, 3.63) is 12.2 Å². The molecule has 0 amide bonds. The van der Waals surface area contributed by atoms with Gasteiger partial charge in [0.15, 0.2) is 0 Å². The van der Waals surface area contributed by atoms with Crippen LogP contribution < -0.4 is 0 Å². The molecule has 0 bridgehead atoms. The van der Waals surface area contributed by atoms with E-state index in [0.29, 0.717) is 5.92 Å². The first-order valence-corrected chi connectivity index (χ1v) is 6.83. The fraction of sp³-hybridized carbons (Fsp3) is 0.769. The summed E-state index contributed by atoms with van der Waals surface area (Å²) in [6.45, 7) is 4.86.